The predicted molar refractivity (Wildman–Crippen MR) is 144 cm³/mol. The zero-order valence-electron chi connectivity index (χ0n) is 21.8. The van der Waals surface area contributed by atoms with E-state index in [1.807, 2.05) is 32.1 Å². The van der Waals surface area contributed by atoms with Gasteiger partial charge in [-0.15, -0.1) is 0 Å². The molecule has 31 heavy (non-hydrogen) atoms. The van der Waals surface area contributed by atoms with Crippen LogP contribution in [0.15, 0.2) is 60.7 Å². The Balaban J connectivity index is 0. The number of benzene rings is 1. The van der Waals surface area contributed by atoms with Gasteiger partial charge >= 0.3 is 0 Å². The summed E-state index contributed by atoms with van der Waals surface area (Å²) >= 11 is 0. The molecule has 0 spiro atoms. The first kappa shape index (κ1) is 31.2. The first-order valence-corrected chi connectivity index (χ1v) is 12.5. The Labute approximate surface area is 195 Å². The quantitative estimate of drug-likeness (QED) is 0.216. The van der Waals surface area contributed by atoms with Gasteiger partial charge in [-0.3, -0.25) is 0 Å². The molecule has 2 nitrogen and oxygen atoms in total. The van der Waals surface area contributed by atoms with Crippen LogP contribution in [0.5, 0.6) is 5.75 Å². The summed E-state index contributed by atoms with van der Waals surface area (Å²) in [6, 6.07) is 8.36. The highest BCUT2D eigenvalue weighted by molar-refractivity contribution is 5.58. The van der Waals surface area contributed by atoms with E-state index in [1.54, 1.807) is 13.2 Å². The second kappa shape index (κ2) is 24.3. The number of methoxy groups -OCH3 is 1. The molecule has 1 aromatic carbocycles. The van der Waals surface area contributed by atoms with Crippen molar-refractivity contribution < 1.29 is 4.74 Å². The number of hydrogen-bond donors (Lipinski definition) is 0. The minimum atomic E-state index is 0.993. The maximum Gasteiger partial charge on any atom is 0.142 e. The number of rotatable bonds is 14. The third kappa shape index (κ3) is 17.4. The van der Waals surface area contributed by atoms with Crippen molar-refractivity contribution >= 4 is 5.69 Å². The fourth-order valence-electron chi connectivity index (χ4n) is 3.01. The average Bonchev–Trinajstić information content (AvgIpc) is 2.82. The highest BCUT2D eigenvalue weighted by Crippen LogP contribution is 2.28. The van der Waals surface area contributed by atoms with E-state index in [0.717, 1.165) is 25.3 Å². The molecule has 0 aliphatic carbocycles. The molecule has 0 radical (unpaired) electrons. The van der Waals surface area contributed by atoms with Gasteiger partial charge in [0.25, 0.3) is 0 Å². The first-order chi connectivity index (χ1) is 15.1. The normalized spacial score (nSPS) is 10.6. The van der Waals surface area contributed by atoms with Crippen molar-refractivity contribution in [2.45, 2.75) is 92.9 Å². The molecule has 0 saturated heterocycles. The van der Waals surface area contributed by atoms with Crippen LogP contribution in [0.1, 0.15) is 92.9 Å². The number of anilines is 1. The Morgan fingerprint density at radius 2 is 1.55 bits per heavy atom. The molecule has 1 rings (SSSR count). The summed E-state index contributed by atoms with van der Waals surface area (Å²) in [5.74, 6) is 0.993. The maximum absolute atomic E-state index is 5.49. The van der Waals surface area contributed by atoms with E-state index in [4.69, 9.17) is 4.74 Å². The minimum Gasteiger partial charge on any atom is -0.495 e. The standard InChI is InChI=1S/C18H31NO.C9H14.C2H6/c1-4-6-7-8-9-12-16-19(15-5-2)17-13-10-11-14-18(17)20-3;1-4-6-7-8-9(3)5-2;1-2/h10-11,13-14H,4-9,12,15-16H2,1-3H3;4,6-8H,1,5H2,2-3H3;1-2H3/b;7-6-,9-8-;. The summed E-state index contributed by atoms with van der Waals surface area (Å²) in [7, 11) is 1.76. The number of unbranched alkanes of at least 4 members (excludes halogenated alkanes) is 5. The van der Waals surface area contributed by atoms with Crippen LogP contribution in [0.3, 0.4) is 0 Å². The van der Waals surface area contributed by atoms with E-state index >= 15 is 0 Å². The molecular weight excluding hydrogens is 378 g/mol. The van der Waals surface area contributed by atoms with Crippen molar-refractivity contribution in [3.8, 4) is 5.75 Å². The van der Waals surface area contributed by atoms with E-state index < -0.39 is 0 Å². The van der Waals surface area contributed by atoms with Gasteiger partial charge in [0.15, 0.2) is 0 Å². The van der Waals surface area contributed by atoms with Crippen molar-refractivity contribution in [1.29, 1.82) is 0 Å². The van der Waals surface area contributed by atoms with Crippen molar-refractivity contribution in [3.63, 3.8) is 0 Å². The molecule has 0 saturated carbocycles. The number of allylic oxidation sites excluding steroid dienone is 5. The lowest BCUT2D eigenvalue weighted by molar-refractivity contribution is 0.414. The first-order valence-electron chi connectivity index (χ1n) is 12.5. The highest BCUT2D eigenvalue weighted by Gasteiger charge is 2.10. The molecule has 178 valence electrons. The third-order valence-corrected chi connectivity index (χ3v) is 4.89. The Kier molecular flexibility index (Phi) is 24.5. The number of ether oxygens (including phenoxy) is 1. The van der Waals surface area contributed by atoms with Gasteiger partial charge in [0.1, 0.15) is 5.75 Å². The Morgan fingerprint density at radius 3 is 2.13 bits per heavy atom. The van der Waals surface area contributed by atoms with Crippen LogP contribution >= 0.6 is 0 Å². The number of nitrogens with zero attached hydrogens (tertiary/aromatic N) is 1. The van der Waals surface area contributed by atoms with E-state index in [0.29, 0.717) is 0 Å². The second-order valence-corrected chi connectivity index (χ2v) is 7.41. The van der Waals surface area contributed by atoms with Gasteiger partial charge in [-0.25, -0.2) is 0 Å². The molecular formula is C29H51NO. The summed E-state index contributed by atoms with van der Waals surface area (Å²) in [4.78, 5) is 2.47. The maximum atomic E-state index is 5.49. The third-order valence-electron chi connectivity index (χ3n) is 4.89. The van der Waals surface area contributed by atoms with Gasteiger partial charge in [0, 0.05) is 13.1 Å². The van der Waals surface area contributed by atoms with Crippen molar-refractivity contribution in [1.82, 2.24) is 0 Å². The fraction of sp³-hybridized carbons (Fsp3) is 0.586. The molecule has 0 amide bonds. The molecule has 0 N–H and O–H groups in total. The van der Waals surface area contributed by atoms with Crippen LogP contribution in [0.4, 0.5) is 5.69 Å². The Bertz CT molecular complexity index is 574. The summed E-state index contributed by atoms with van der Waals surface area (Å²) in [5.41, 5.74) is 2.64. The molecule has 0 fully saturated rings. The number of para-hydroxylation sites is 2. The molecule has 0 unspecified atom stereocenters. The van der Waals surface area contributed by atoms with Crippen LogP contribution in [-0.2, 0) is 0 Å². The molecule has 0 aliphatic heterocycles. The molecule has 1 aromatic rings. The summed E-state index contributed by atoms with van der Waals surface area (Å²) < 4.78 is 5.49. The smallest absolute Gasteiger partial charge is 0.142 e. The number of hydrogen-bond acceptors (Lipinski definition) is 2. The van der Waals surface area contributed by atoms with Crippen molar-refractivity contribution in [3.05, 3.63) is 60.7 Å². The highest BCUT2D eigenvalue weighted by atomic mass is 16.5. The Morgan fingerprint density at radius 1 is 0.903 bits per heavy atom. The van der Waals surface area contributed by atoms with Gasteiger partial charge in [-0.1, -0.05) is 115 Å². The van der Waals surface area contributed by atoms with Crippen LogP contribution in [0.25, 0.3) is 0 Å². The molecule has 0 aliphatic rings. The minimum absolute atomic E-state index is 0.993. The SMILES string of the molecule is C=C/C=C\C=C(\C)CC.CC.CCCCCCCCN(CCC)c1ccccc1OC. The topological polar surface area (TPSA) is 12.5 Å². The zero-order valence-corrected chi connectivity index (χ0v) is 21.8. The van der Waals surface area contributed by atoms with Crippen molar-refractivity contribution in [2.75, 3.05) is 25.1 Å². The van der Waals surface area contributed by atoms with E-state index in [2.05, 4.69) is 63.4 Å². The van der Waals surface area contributed by atoms with Gasteiger partial charge in [-0.05, 0) is 38.3 Å². The van der Waals surface area contributed by atoms with Crippen LogP contribution in [-0.4, -0.2) is 20.2 Å². The van der Waals surface area contributed by atoms with E-state index in [1.165, 1.54) is 56.2 Å². The predicted octanol–water partition coefficient (Wildman–Crippen LogP) is 9.38. The summed E-state index contributed by atoms with van der Waals surface area (Å²) in [6.07, 6.45) is 18.2. The van der Waals surface area contributed by atoms with Gasteiger partial charge in [0.2, 0.25) is 0 Å². The van der Waals surface area contributed by atoms with E-state index in [-0.39, 0.29) is 0 Å². The molecule has 0 atom stereocenters. The lowest BCUT2D eigenvalue weighted by Crippen LogP contribution is -2.25. The average molecular weight is 430 g/mol. The second-order valence-electron chi connectivity index (χ2n) is 7.41. The molecule has 0 aromatic heterocycles. The lowest BCUT2D eigenvalue weighted by Gasteiger charge is -2.26. The Hall–Kier alpha value is -1.96. The van der Waals surface area contributed by atoms with Crippen LogP contribution in [0, 0.1) is 0 Å². The summed E-state index contributed by atoms with van der Waals surface area (Å²) in [6.45, 7) is 18.6. The molecule has 2 heteroatoms. The van der Waals surface area contributed by atoms with Gasteiger partial charge < -0.3 is 9.64 Å². The molecule has 0 heterocycles. The van der Waals surface area contributed by atoms with E-state index in [9.17, 15) is 0 Å². The largest absolute Gasteiger partial charge is 0.495 e. The van der Waals surface area contributed by atoms with Crippen LogP contribution < -0.4 is 9.64 Å². The fourth-order valence-corrected chi connectivity index (χ4v) is 3.01. The van der Waals surface area contributed by atoms with Gasteiger partial charge in [0.05, 0.1) is 12.8 Å². The monoisotopic (exact) mass is 429 g/mol. The van der Waals surface area contributed by atoms with Crippen molar-refractivity contribution in [2.24, 2.45) is 0 Å². The summed E-state index contributed by atoms with van der Waals surface area (Å²) in [5, 5.41) is 0. The zero-order chi connectivity index (χ0) is 23.7. The van der Waals surface area contributed by atoms with Crippen LogP contribution in [0.2, 0.25) is 0 Å². The van der Waals surface area contributed by atoms with Gasteiger partial charge in [-0.2, -0.15) is 0 Å². The molecule has 0 bridgehead atoms. The lowest BCUT2D eigenvalue weighted by atomic mass is 10.1.